The lowest BCUT2D eigenvalue weighted by atomic mass is 9.78. The first kappa shape index (κ1) is 55.0. The first-order valence-corrected chi connectivity index (χ1v) is 23.7. The lowest BCUT2D eigenvalue weighted by Crippen LogP contribution is -2.61. The molecule has 362 valence electrons. The number of aliphatic hydroxyl groups is 3. The lowest BCUT2D eigenvalue weighted by molar-refractivity contribution is -0.265. The number of likely N-dealkylation sites (tertiary alicyclic amines) is 1. The molecule has 1 amide bonds. The average molecular weight is 900 g/mol. The second-order valence-electron chi connectivity index (χ2n) is 19.4. The highest BCUT2D eigenvalue weighted by atomic mass is 16.6. The number of ketones is 3. The van der Waals surface area contributed by atoms with E-state index < -0.39 is 71.8 Å². The molecule has 0 spiro atoms. The molecular formula is C51H81NO12. The number of hydrogen-bond donors (Lipinski definition) is 3. The van der Waals surface area contributed by atoms with Crippen LogP contribution in [-0.4, -0.2) is 119 Å². The van der Waals surface area contributed by atoms with Crippen molar-refractivity contribution in [3.05, 3.63) is 47.6 Å². The number of aliphatic hydroxyl groups excluding tert-OH is 2. The van der Waals surface area contributed by atoms with Gasteiger partial charge in [-0.25, -0.2) is 4.79 Å². The van der Waals surface area contributed by atoms with Gasteiger partial charge in [-0.2, -0.15) is 0 Å². The molecule has 0 bridgehead atoms. The molecule has 2 aliphatic heterocycles. The van der Waals surface area contributed by atoms with Crippen molar-refractivity contribution in [3.8, 4) is 0 Å². The van der Waals surface area contributed by atoms with Crippen molar-refractivity contribution in [1.82, 2.24) is 4.90 Å². The predicted octanol–water partition coefficient (Wildman–Crippen LogP) is 7.19. The molecular weight excluding hydrogens is 819 g/mol. The number of ether oxygens (including phenoxy) is 4. The van der Waals surface area contributed by atoms with Gasteiger partial charge in [-0.15, -0.1) is 0 Å². The smallest absolute Gasteiger partial charge is 0.329 e. The van der Waals surface area contributed by atoms with E-state index in [1.54, 1.807) is 54.9 Å². The number of carbonyl (C=O) groups is 5. The van der Waals surface area contributed by atoms with Gasteiger partial charge in [-0.1, -0.05) is 71.1 Å². The number of piperidine rings is 1. The third-order valence-corrected chi connectivity index (χ3v) is 14.1. The van der Waals surface area contributed by atoms with Crippen LogP contribution in [0.15, 0.2) is 47.6 Å². The van der Waals surface area contributed by atoms with Gasteiger partial charge >= 0.3 is 5.97 Å². The van der Waals surface area contributed by atoms with Crippen LogP contribution in [0.2, 0.25) is 0 Å². The van der Waals surface area contributed by atoms with Crippen molar-refractivity contribution < 1.29 is 58.2 Å². The van der Waals surface area contributed by atoms with Crippen molar-refractivity contribution in [2.45, 2.75) is 188 Å². The standard InChI is InChI=1S/C51H81NO12/c1-31(25-33(3)38(8)53)17-13-12-14-18-32(2)45(61-10)29-41-22-20-37(7)51(60,64-41)48(57)49(58)52-24-16-15-19-42(52)50(59)63-46(30-44(56)35(5)26-34(4)39(9)54)36(6)27-40-21-23-43(55)47(28-40)62-11/h12-14,17-18,26,31,33,35-37,39-43,45-47,54-55,60H,15-16,19-25,27-30H2,1-11H3. The number of rotatable bonds is 23. The van der Waals surface area contributed by atoms with Gasteiger partial charge in [-0.3, -0.25) is 19.2 Å². The number of nitrogens with zero attached hydrogens (tertiary/aromatic N) is 1. The van der Waals surface area contributed by atoms with Crippen LogP contribution >= 0.6 is 0 Å². The maximum absolute atomic E-state index is 14.2. The van der Waals surface area contributed by atoms with E-state index >= 15 is 0 Å². The van der Waals surface area contributed by atoms with Gasteiger partial charge in [0.2, 0.25) is 5.79 Å². The van der Waals surface area contributed by atoms with Gasteiger partial charge in [0.25, 0.3) is 11.7 Å². The van der Waals surface area contributed by atoms with Crippen LogP contribution in [-0.2, 0) is 42.9 Å². The monoisotopic (exact) mass is 900 g/mol. The molecule has 14 unspecified atom stereocenters. The molecule has 0 aromatic carbocycles. The normalized spacial score (nSPS) is 29.4. The Labute approximate surface area is 383 Å². The van der Waals surface area contributed by atoms with Crippen LogP contribution in [0.3, 0.4) is 0 Å². The van der Waals surface area contributed by atoms with Gasteiger partial charge in [-0.05, 0) is 121 Å². The summed E-state index contributed by atoms with van der Waals surface area (Å²) in [6.07, 6.45) is 14.0. The van der Waals surface area contributed by atoms with Crippen molar-refractivity contribution in [2.75, 3.05) is 20.8 Å². The van der Waals surface area contributed by atoms with Gasteiger partial charge in [0.1, 0.15) is 23.7 Å². The predicted molar refractivity (Wildman–Crippen MR) is 246 cm³/mol. The van der Waals surface area contributed by atoms with E-state index in [1.165, 1.54) is 4.90 Å². The van der Waals surface area contributed by atoms with E-state index in [1.807, 2.05) is 45.1 Å². The molecule has 0 aromatic rings. The molecule has 3 fully saturated rings. The van der Waals surface area contributed by atoms with E-state index in [0.717, 1.165) is 18.4 Å². The first-order chi connectivity index (χ1) is 30.1. The minimum absolute atomic E-state index is 0.0107. The molecule has 3 N–H and O–H groups in total. The number of amides is 1. The summed E-state index contributed by atoms with van der Waals surface area (Å²) >= 11 is 0. The summed E-state index contributed by atoms with van der Waals surface area (Å²) < 4.78 is 23.7. The van der Waals surface area contributed by atoms with Gasteiger partial charge in [0.15, 0.2) is 0 Å². The van der Waals surface area contributed by atoms with Crippen molar-refractivity contribution in [1.29, 1.82) is 0 Å². The first-order valence-electron chi connectivity index (χ1n) is 23.7. The molecule has 2 saturated heterocycles. The number of allylic oxidation sites excluding steroid dienone is 6. The summed E-state index contributed by atoms with van der Waals surface area (Å²) in [7, 11) is 3.16. The molecule has 3 rings (SSSR count). The zero-order valence-electron chi connectivity index (χ0n) is 40.6. The molecule has 1 saturated carbocycles. The minimum Gasteiger partial charge on any atom is -0.460 e. The summed E-state index contributed by atoms with van der Waals surface area (Å²) in [5.74, 6) is -6.37. The number of Topliss-reactive ketones (excluding diaryl/α,β-unsaturated/α-hetero) is 3. The number of hydrogen-bond acceptors (Lipinski definition) is 12. The van der Waals surface area contributed by atoms with Crippen LogP contribution in [0.1, 0.15) is 139 Å². The van der Waals surface area contributed by atoms with Gasteiger partial charge < -0.3 is 39.2 Å². The van der Waals surface area contributed by atoms with Gasteiger partial charge in [0, 0.05) is 51.4 Å². The summed E-state index contributed by atoms with van der Waals surface area (Å²) in [5.41, 5.74) is 1.56. The zero-order valence-corrected chi connectivity index (χ0v) is 40.6. The third kappa shape index (κ3) is 15.9. The Morgan fingerprint density at radius 2 is 1.59 bits per heavy atom. The number of carbonyl (C=O) groups excluding carboxylic acids is 5. The summed E-state index contributed by atoms with van der Waals surface area (Å²) in [5, 5.41) is 32.4. The molecule has 0 aromatic heterocycles. The van der Waals surface area contributed by atoms with E-state index in [4.69, 9.17) is 18.9 Å². The van der Waals surface area contributed by atoms with Crippen LogP contribution in [0, 0.1) is 35.5 Å². The second-order valence-corrected chi connectivity index (χ2v) is 19.4. The van der Waals surface area contributed by atoms with E-state index in [0.29, 0.717) is 56.9 Å². The SMILES string of the molecule is COC(CC1CCC(C)C(O)(C(=O)C(=O)N2CCCCC2C(=O)OC(CC(=O)C(C)C=C(C)C(C)O)C(C)CC2CCC(O)C(OC)C2)O1)C(C)=CC=CC=CC(C)CC(C)C(C)=O. The van der Waals surface area contributed by atoms with Crippen LogP contribution < -0.4 is 0 Å². The molecule has 1 aliphatic carbocycles. The Hall–Kier alpha value is -3.33. The molecule has 14 atom stereocenters. The Bertz CT molecular complexity index is 1680. The third-order valence-electron chi connectivity index (χ3n) is 14.1. The maximum Gasteiger partial charge on any atom is 0.329 e. The van der Waals surface area contributed by atoms with E-state index in [9.17, 15) is 39.3 Å². The number of esters is 1. The summed E-state index contributed by atoms with van der Waals surface area (Å²) in [6, 6.07) is -1.10. The van der Waals surface area contributed by atoms with Crippen LogP contribution in [0.5, 0.6) is 0 Å². The Morgan fingerprint density at radius 3 is 2.23 bits per heavy atom. The summed E-state index contributed by atoms with van der Waals surface area (Å²) in [4.78, 5) is 69.1. The minimum atomic E-state index is -2.42. The lowest BCUT2D eigenvalue weighted by Gasteiger charge is -2.42. The number of methoxy groups -OCH3 is 2. The molecule has 64 heavy (non-hydrogen) atoms. The molecule has 0 radical (unpaired) electrons. The fraction of sp³-hybridized carbons (Fsp3) is 0.745. The van der Waals surface area contributed by atoms with Crippen molar-refractivity contribution in [3.63, 3.8) is 0 Å². The zero-order chi connectivity index (χ0) is 47.9. The fourth-order valence-corrected chi connectivity index (χ4v) is 9.29. The highest BCUT2D eigenvalue weighted by Crippen LogP contribution is 2.37. The quantitative estimate of drug-likeness (QED) is 0.0406. The molecule has 3 aliphatic rings. The second kappa shape index (κ2) is 26.1. The fourth-order valence-electron chi connectivity index (χ4n) is 9.29. The Kier molecular flexibility index (Phi) is 22.5. The van der Waals surface area contributed by atoms with Gasteiger partial charge in [0.05, 0.1) is 30.5 Å². The van der Waals surface area contributed by atoms with E-state index in [2.05, 4.69) is 13.0 Å². The molecule has 13 nitrogen and oxygen atoms in total. The average Bonchev–Trinajstić information content (AvgIpc) is 3.25. The largest absolute Gasteiger partial charge is 0.460 e. The topological polar surface area (TPSA) is 186 Å². The maximum atomic E-state index is 14.2. The van der Waals surface area contributed by atoms with Crippen molar-refractivity contribution in [2.24, 2.45) is 35.5 Å². The molecule has 13 heteroatoms. The Morgan fingerprint density at radius 1 is 0.891 bits per heavy atom. The molecule has 2 heterocycles. The van der Waals surface area contributed by atoms with Crippen LogP contribution in [0.25, 0.3) is 0 Å². The van der Waals surface area contributed by atoms with Crippen LogP contribution in [0.4, 0.5) is 0 Å². The Balaban J connectivity index is 1.76. The highest BCUT2D eigenvalue weighted by molar-refractivity contribution is 6.39. The summed E-state index contributed by atoms with van der Waals surface area (Å²) in [6.45, 7) is 16.4. The highest BCUT2D eigenvalue weighted by Gasteiger charge is 2.53. The van der Waals surface area contributed by atoms with Crippen molar-refractivity contribution >= 4 is 29.2 Å². The van der Waals surface area contributed by atoms with E-state index in [-0.39, 0.29) is 60.7 Å².